The van der Waals surface area contributed by atoms with Gasteiger partial charge in [-0.25, -0.2) is 4.79 Å². The summed E-state index contributed by atoms with van der Waals surface area (Å²) in [5.74, 6) is -5.84. The number of unbranched alkanes of at least 4 members (excludes halogenated alkanes) is 1. The summed E-state index contributed by atoms with van der Waals surface area (Å²) in [7, 11) is 0. The van der Waals surface area contributed by atoms with E-state index in [2.05, 4.69) is 28.6 Å². The van der Waals surface area contributed by atoms with E-state index in [9.17, 15) is 33.9 Å². The van der Waals surface area contributed by atoms with Crippen molar-refractivity contribution in [2.75, 3.05) is 12.3 Å². The van der Waals surface area contributed by atoms with E-state index in [-0.39, 0.29) is 31.4 Å². The van der Waals surface area contributed by atoms with Crippen molar-refractivity contribution >= 4 is 48.2 Å². The normalized spacial score (nSPS) is 14.2. The highest BCUT2D eigenvalue weighted by molar-refractivity contribution is 7.80. The van der Waals surface area contributed by atoms with E-state index in [0.717, 1.165) is 0 Å². The van der Waals surface area contributed by atoms with Crippen LogP contribution in [-0.4, -0.2) is 82.2 Å². The summed E-state index contributed by atoms with van der Waals surface area (Å²) in [5.41, 5.74) is 16.1. The molecule has 0 aliphatic heterocycles. The minimum atomic E-state index is -1.49. The summed E-state index contributed by atoms with van der Waals surface area (Å²) >= 11 is 3.93. The number of carbonyl (C=O) groups excluding carboxylic acids is 4. The molecule has 0 spiro atoms. The summed E-state index contributed by atoms with van der Waals surface area (Å²) in [6.45, 7) is 0.351. The number of hydrogen-bond donors (Lipinski definition) is 9. The predicted molar refractivity (Wildman–Crippen MR) is 123 cm³/mol. The first-order chi connectivity index (χ1) is 15.9. The molecular formula is C19H34N6O8S. The molecule has 0 radical (unpaired) electrons. The first-order valence-corrected chi connectivity index (χ1v) is 11.3. The number of thiol groups is 1. The van der Waals surface area contributed by atoms with E-state index < -0.39 is 66.2 Å². The quantitative estimate of drug-likeness (QED) is 0.0674. The maximum atomic E-state index is 12.9. The van der Waals surface area contributed by atoms with E-state index in [0.29, 0.717) is 19.4 Å². The number of amides is 4. The summed E-state index contributed by atoms with van der Waals surface area (Å²) in [4.78, 5) is 71.0. The molecule has 0 bridgehead atoms. The Kier molecular flexibility index (Phi) is 15.2. The molecule has 34 heavy (non-hydrogen) atoms. The van der Waals surface area contributed by atoms with Gasteiger partial charge in [0, 0.05) is 18.6 Å². The number of carboxylic acid groups (broad SMARTS) is 2. The van der Waals surface area contributed by atoms with Gasteiger partial charge in [-0.15, -0.1) is 0 Å². The molecule has 0 rings (SSSR count). The van der Waals surface area contributed by atoms with Gasteiger partial charge in [-0.3, -0.25) is 24.0 Å². The maximum Gasteiger partial charge on any atom is 0.326 e. The molecule has 4 amide bonds. The van der Waals surface area contributed by atoms with Crippen LogP contribution >= 0.6 is 12.6 Å². The highest BCUT2D eigenvalue weighted by Gasteiger charge is 2.30. The van der Waals surface area contributed by atoms with E-state index in [1.165, 1.54) is 0 Å². The molecule has 0 aromatic heterocycles. The molecule has 0 aromatic carbocycles. The van der Waals surface area contributed by atoms with Crippen molar-refractivity contribution in [2.45, 2.75) is 69.1 Å². The van der Waals surface area contributed by atoms with Crippen molar-refractivity contribution in [2.24, 2.45) is 17.2 Å². The molecule has 0 aliphatic rings. The number of primary amides is 1. The molecule has 194 valence electrons. The van der Waals surface area contributed by atoms with E-state index in [4.69, 9.17) is 22.3 Å². The zero-order valence-electron chi connectivity index (χ0n) is 18.7. The molecule has 4 unspecified atom stereocenters. The van der Waals surface area contributed by atoms with Gasteiger partial charge in [-0.2, -0.15) is 12.6 Å². The van der Waals surface area contributed by atoms with Gasteiger partial charge in [0.2, 0.25) is 23.6 Å². The number of nitrogens with two attached hydrogens (primary N) is 3. The van der Waals surface area contributed by atoms with Gasteiger partial charge in [-0.05, 0) is 38.6 Å². The van der Waals surface area contributed by atoms with E-state index in [1.54, 1.807) is 0 Å². The Bertz CT molecular complexity index is 738. The number of carboxylic acids is 2. The van der Waals surface area contributed by atoms with Crippen LogP contribution in [0, 0.1) is 0 Å². The Balaban J connectivity index is 5.53. The Morgan fingerprint density at radius 3 is 1.74 bits per heavy atom. The van der Waals surface area contributed by atoms with E-state index >= 15 is 0 Å². The topological polar surface area (TPSA) is 257 Å². The van der Waals surface area contributed by atoms with Crippen molar-refractivity contribution in [1.82, 2.24) is 16.0 Å². The molecule has 0 saturated carbocycles. The third-order valence-electron chi connectivity index (χ3n) is 4.69. The fourth-order valence-corrected chi connectivity index (χ4v) is 2.91. The van der Waals surface area contributed by atoms with Gasteiger partial charge in [0.1, 0.15) is 18.1 Å². The fourth-order valence-electron chi connectivity index (χ4n) is 2.75. The Hall–Kier alpha value is -2.91. The predicted octanol–water partition coefficient (Wildman–Crippen LogP) is -2.96. The molecule has 4 atom stereocenters. The van der Waals surface area contributed by atoms with Gasteiger partial charge in [0.25, 0.3) is 0 Å². The minimum absolute atomic E-state index is 0.0223. The van der Waals surface area contributed by atoms with E-state index in [1.807, 2.05) is 0 Å². The van der Waals surface area contributed by atoms with Gasteiger partial charge >= 0.3 is 11.9 Å². The van der Waals surface area contributed by atoms with Gasteiger partial charge < -0.3 is 43.4 Å². The molecule has 0 saturated heterocycles. The smallest absolute Gasteiger partial charge is 0.326 e. The second-order valence-corrected chi connectivity index (χ2v) is 7.90. The molecule has 0 heterocycles. The van der Waals surface area contributed by atoms with Crippen molar-refractivity contribution in [3.05, 3.63) is 0 Å². The zero-order valence-corrected chi connectivity index (χ0v) is 19.6. The highest BCUT2D eigenvalue weighted by atomic mass is 32.1. The number of hydrogen-bond acceptors (Lipinski definition) is 9. The minimum Gasteiger partial charge on any atom is -0.481 e. The first-order valence-electron chi connectivity index (χ1n) is 10.6. The molecule has 0 fully saturated rings. The molecule has 11 N–H and O–H groups in total. The van der Waals surface area contributed by atoms with Crippen LogP contribution < -0.4 is 33.2 Å². The lowest BCUT2D eigenvalue weighted by molar-refractivity contribution is -0.143. The van der Waals surface area contributed by atoms with Crippen LogP contribution in [0.15, 0.2) is 0 Å². The largest absolute Gasteiger partial charge is 0.481 e. The SMILES string of the molecule is NCCCCC(NC(=O)C(N)CS)C(=O)NC(CCC(=O)O)C(=O)NC(CCC(N)=O)C(=O)O. The third-order valence-corrected chi connectivity index (χ3v) is 5.08. The first kappa shape index (κ1) is 31.1. The molecule has 15 heteroatoms. The lowest BCUT2D eigenvalue weighted by Gasteiger charge is -2.25. The Morgan fingerprint density at radius 2 is 1.26 bits per heavy atom. The number of carbonyl (C=O) groups is 6. The third kappa shape index (κ3) is 13.0. The summed E-state index contributed by atoms with van der Waals surface area (Å²) in [6.07, 6.45) is -0.287. The van der Waals surface area contributed by atoms with Crippen LogP contribution in [0.25, 0.3) is 0 Å². The standard InChI is InChI=1S/C19H34N6O8S/c20-8-2-1-3-11(23-16(29)10(21)9-34)17(30)24-12(5-7-15(27)28)18(31)25-13(19(32)33)4-6-14(22)26/h10-13,34H,1-9,20-21H2,(H2,22,26)(H,23,29)(H,24,30)(H,25,31)(H,27,28)(H,32,33). The Morgan fingerprint density at radius 1 is 0.765 bits per heavy atom. The van der Waals surface area contributed by atoms with Crippen LogP contribution in [0.5, 0.6) is 0 Å². The summed E-state index contributed by atoms with van der Waals surface area (Å²) < 4.78 is 0. The monoisotopic (exact) mass is 506 g/mol. The number of aliphatic carboxylic acids is 2. The van der Waals surface area contributed by atoms with Gasteiger partial charge in [-0.1, -0.05) is 0 Å². The summed E-state index contributed by atoms with van der Waals surface area (Å²) in [6, 6.07) is -5.00. The molecule has 0 aliphatic carbocycles. The van der Waals surface area contributed by atoms with Gasteiger partial charge in [0.05, 0.1) is 6.04 Å². The van der Waals surface area contributed by atoms with Crippen LogP contribution in [-0.2, 0) is 28.8 Å². The zero-order chi connectivity index (χ0) is 26.3. The maximum absolute atomic E-state index is 12.9. The average Bonchev–Trinajstić information content (AvgIpc) is 2.77. The van der Waals surface area contributed by atoms with Crippen molar-refractivity contribution in [3.8, 4) is 0 Å². The van der Waals surface area contributed by atoms with Crippen LogP contribution in [0.3, 0.4) is 0 Å². The molecular weight excluding hydrogens is 472 g/mol. The van der Waals surface area contributed by atoms with Crippen molar-refractivity contribution in [1.29, 1.82) is 0 Å². The second kappa shape index (κ2) is 16.7. The Labute approximate surface area is 202 Å². The van der Waals surface area contributed by atoms with Gasteiger partial charge in [0.15, 0.2) is 0 Å². The second-order valence-electron chi connectivity index (χ2n) is 7.53. The molecule has 0 aromatic rings. The highest BCUT2D eigenvalue weighted by Crippen LogP contribution is 2.06. The van der Waals surface area contributed by atoms with Crippen LogP contribution in [0.4, 0.5) is 0 Å². The lowest BCUT2D eigenvalue weighted by atomic mass is 10.0. The van der Waals surface area contributed by atoms with Crippen molar-refractivity contribution < 1.29 is 39.0 Å². The van der Waals surface area contributed by atoms with Crippen LogP contribution in [0.1, 0.15) is 44.9 Å². The fraction of sp³-hybridized carbons (Fsp3) is 0.684. The molecule has 14 nitrogen and oxygen atoms in total. The van der Waals surface area contributed by atoms with Crippen LogP contribution in [0.2, 0.25) is 0 Å². The number of nitrogens with one attached hydrogen (secondary N) is 3. The average molecular weight is 507 g/mol. The number of rotatable bonds is 18. The summed E-state index contributed by atoms with van der Waals surface area (Å²) in [5, 5.41) is 25.3. The lowest BCUT2D eigenvalue weighted by Crippen LogP contribution is -2.57. The van der Waals surface area contributed by atoms with Crippen molar-refractivity contribution in [3.63, 3.8) is 0 Å².